The molecular formula is C15H19N3O3S. The number of ether oxygens (including phenoxy) is 1. The molecule has 2 aromatic heterocycles. The van der Waals surface area contributed by atoms with Gasteiger partial charge in [-0.25, -0.2) is 9.59 Å². The fraction of sp³-hybridized carbons (Fsp3) is 0.333. The highest BCUT2D eigenvalue weighted by Crippen LogP contribution is 2.27. The maximum absolute atomic E-state index is 11.9. The zero-order chi connectivity index (χ0) is 16.1. The Balaban J connectivity index is 1.89. The molecular weight excluding hydrogens is 302 g/mol. The zero-order valence-electron chi connectivity index (χ0n) is 12.8. The number of nitrogens with zero attached hydrogens (tertiary/aromatic N) is 1. The molecule has 0 fully saturated rings. The van der Waals surface area contributed by atoms with E-state index in [4.69, 9.17) is 4.74 Å². The summed E-state index contributed by atoms with van der Waals surface area (Å²) < 4.78 is 6.72. The Morgan fingerprint density at radius 3 is 2.82 bits per heavy atom. The Morgan fingerprint density at radius 1 is 1.41 bits per heavy atom. The number of carbonyl (C=O) groups is 2. The minimum atomic E-state index is -0.447. The number of urea groups is 1. The van der Waals surface area contributed by atoms with Crippen LogP contribution in [-0.2, 0) is 18.2 Å². The summed E-state index contributed by atoms with van der Waals surface area (Å²) in [5.74, 6) is -0.447. The summed E-state index contributed by atoms with van der Waals surface area (Å²) in [5.41, 5.74) is 1.62. The normalized spacial score (nSPS) is 10.3. The van der Waals surface area contributed by atoms with E-state index >= 15 is 0 Å². The molecule has 22 heavy (non-hydrogen) atoms. The van der Waals surface area contributed by atoms with Crippen molar-refractivity contribution in [3.63, 3.8) is 0 Å². The van der Waals surface area contributed by atoms with Crippen molar-refractivity contribution in [2.75, 3.05) is 19.0 Å². The lowest BCUT2D eigenvalue weighted by Crippen LogP contribution is -2.31. The average molecular weight is 321 g/mol. The Morgan fingerprint density at radius 2 is 2.18 bits per heavy atom. The molecule has 0 aliphatic rings. The van der Waals surface area contributed by atoms with Gasteiger partial charge in [-0.3, -0.25) is 0 Å². The second-order valence-corrected chi connectivity index (χ2v) is 6.09. The molecule has 0 unspecified atom stereocenters. The second-order valence-electron chi connectivity index (χ2n) is 4.83. The molecule has 2 aromatic rings. The Labute approximate surface area is 133 Å². The molecule has 0 saturated carbocycles. The van der Waals surface area contributed by atoms with Gasteiger partial charge in [0.15, 0.2) is 0 Å². The van der Waals surface area contributed by atoms with E-state index in [1.54, 1.807) is 6.07 Å². The zero-order valence-corrected chi connectivity index (χ0v) is 13.6. The topological polar surface area (TPSA) is 72.4 Å². The lowest BCUT2D eigenvalue weighted by Gasteiger charge is -2.08. The molecule has 2 N–H and O–H groups in total. The maximum atomic E-state index is 11.9. The van der Waals surface area contributed by atoms with Gasteiger partial charge < -0.3 is 19.9 Å². The molecule has 6 nitrogen and oxygen atoms in total. The molecule has 0 aliphatic carbocycles. The van der Waals surface area contributed by atoms with E-state index in [1.165, 1.54) is 18.4 Å². The highest BCUT2D eigenvalue weighted by Gasteiger charge is 2.17. The summed E-state index contributed by atoms with van der Waals surface area (Å²) in [7, 11) is 3.28. The third-order valence-corrected chi connectivity index (χ3v) is 4.22. The monoisotopic (exact) mass is 321 g/mol. The quantitative estimate of drug-likeness (QED) is 0.831. The summed E-state index contributed by atoms with van der Waals surface area (Å²) >= 11 is 1.29. The van der Waals surface area contributed by atoms with Crippen LogP contribution in [0, 0.1) is 6.92 Å². The van der Waals surface area contributed by atoms with Gasteiger partial charge in [0.2, 0.25) is 0 Å². The van der Waals surface area contributed by atoms with Crippen molar-refractivity contribution in [1.82, 2.24) is 9.88 Å². The Hall–Kier alpha value is -2.28. The van der Waals surface area contributed by atoms with E-state index in [0.29, 0.717) is 17.1 Å². The molecule has 0 saturated heterocycles. The van der Waals surface area contributed by atoms with E-state index in [9.17, 15) is 9.59 Å². The van der Waals surface area contributed by atoms with Crippen LogP contribution < -0.4 is 10.6 Å². The maximum Gasteiger partial charge on any atom is 0.350 e. The molecule has 0 radical (unpaired) electrons. The van der Waals surface area contributed by atoms with Crippen molar-refractivity contribution in [2.24, 2.45) is 7.05 Å². The predicted octanol–water partition coefficient (Wildman–Crippen LogP) is 2.55. The number of rotatable bonds is 5. The molecule has 2 amide bonds. The lowest BCUT2D eigenvalue weighted by molar-refractivity contribution is 0.0607. The molecule has 2 rings (SSSR count). The summed E-state index contributed by atoms with van der Waals surface area (Å²) in [4.78, 5) is 24.9. The van der Waals surface area contributed by atoms with Crippen LogP contribution >= 0.6 is 11.3 Å². The summed E-state index contributed by atoms with van der Waals surface area (Å²) in [6.45, 7) is 2.38. The number of nitrogens with one attached hydrogen (secondary N) is 2. The van der Waals surface area contributed by atoms with Crippen molar-refractivity contribution in [3.8, 4) is 0 Å². The molecule has 0 aliphatic heterocycles. The van der Waals surface area contributed by atoms with Crippen molar-refractivity contribution in [1.29, 1.82) is 0 Å². The number of thiophene rings is 1. The van der Waals surface area contributed by atoms with E-state index < -0.39 is 5.97 Å². The van der Waals surface area contributed by atoms with Crippen LogP contribution in [0.25, 0.3) is 0 Å². The van der Waals surface area contributed by atoms with Crippen molar-refractivity contribution < 1.29 is 14.3 Å². The Bertz CT molecular complexity index is 675. The highest BCUT2D eigenvalue weighted by atomic mass is 32.1. The summed E-state index contributed by atoms with van der Waals surface area (Å²) in [6.07, 6.45) is 2.70. The fourth-order valence-corrected chi connectivity index (χ4v) is 2.96. The smallest absolute Gasteiger partial charge is 0.350 e. The van der Waals surface area contributed by atoms with Crippen LogP contribution in [-0.4, -0.2) is 30.2 Å². The van der Waals surface area contributed by atoms with Gasteiger partial charge in [-0.05, 0) is 25.1 Å². The van der Waals surface area contributed by atoms with Gasteiger partial charge in [0.25, 0.3) is 0 Å². The van der Waals surface area contributed by atoms with E-state index in [0.717, 1.165) is 17.0 Å². The molecule has 0 aromatic carbocycles. The van der Waals surface area contributed by atoms with Crippen LogP contribution in [0.2, 0.25) is 0 Å². The first-order valence-electron chi connectivity index (χ1n) is 6.85. The minimum Gasteiger partial charge on any atom is -0.465 e. The first kappa shape index (κ1) is 16.1. The molecule has 2 heterocycles. The number of amides is 2. The number of aryl methyl sites for hydroxylation is 2. The van der Waals surface area contributed by atoms with Crippen molar-refractivity contribution in [2.45, 2.75) is 13.3 Å². The van der Waals surface area contributed by atoms with Crippen LogP contribution in [0.15, 0.2) is 24.4 Å². The summed E-state index contributed by atoms with van der Waals surface area (Å²) in [6, 6.07) is 5.40. The van der Waals surface area contributed by atoms with E-state index in [-0.39, 0.29) is 6.03 Å². The van der Waals surface area contributed by atoms with Gasteiger partial charge >= 0.3 is 12.0 Å². The fourth-order valence-electron chi connectivity index (χ4n) is 2.08. The predicted molar refractivity (Wildman–Crippen MR) is 86.5 cm³/mol. The van der Waals surface area contributed by atoms with Crippen LogP contribution in [0.3, 0.4) is 0 Å². The minimum absolute atomic E-state index is 0.336. The molecule has 0 atom stereocenters. The number of aromatic nitrogens is 1. The molecule has 7 heteroatoms. The van der Waals surface area contributed by atoms with E-state index in [2.05, 4.69) is 10.6 Å². The van der Waals surface area contributed by atoms with Crippen LogP contribution in [0.4, 0.5) is 10.5 Å². The lowest BCUT2D eigenvalue weighted by atomic mass is 10.3. The number of hydrogen-bond acceptors (Lipinski definition) is 4. The average Bonchev–Trinajstić information content (AvgIpc) is 3.04. The van der Waals surface area contributed by atoms with Crippen molar-refractivity contribution >= 4 is 29.0 Å². The first-order chi connectivity index (χ1) is 10.5. The van der Waals surface area contributed by atoms with E-state index in [1.807, 2.05) is 36.9 Å². The molecule has 0 spiro atoms. The number of carbonyl (C=O) groups excluding carboxylic acids is 2. The summed E-state index contributed by atoms with van der Waals surface area (Å²) in [5, 5.41) is 5.47. The van der Waals surface area contributed by atoms with Gasteiger partial charge in [0, 0.05) is 36.8 Å². The number of anilines is 1. The van der Waals surface area contributed by atoms with Crippen LogP contribution in [0.5, 0.6) is 0 Å². The largest absolute Gasteiger partial charge is 0.465 e. The standard InChI is InChI=1S/C15H19N3O3S/c1-10-9-12(13(22-10)14(19)21-3)17-15(20)16-7-6-11-5-4-8-18(11)2/h4-5,8-9H,6-7H2,1-3H3,(H2,16,17,20). The number of esters is 1. The number of hydrogen-bond donors (Lipinski definition) is 2. The van der Waals surface area contributed by atoms with Gasteiger partial charge in [0.1, 0.15) is 4.88 Å². The molecule has 118 valence electrons. The third-order valence-electron chi connectivity index (χ3n) is 3.19. The van der Waals surface area contributed by atoms with Gasteiger partial charge in [0.05, 0.1) is 12.8 Å². The number of methoxy groups -OCH3 is 1. The van der Waals surface area contributed by atoms with Gasteiger partial charge in [-0.2, -0.15) is 0 Å². The van der Waals surface area contributed by atoms with Crippen molar-refractivity contribution in [3.05, 3.63) is 39.8 Å². The SMILES string of the molecule is COC(=O)c1sc(C)cc1NC(=O)NCCc1cccn1C. The van der Waals surface area contributed by atoms with Crippen LogP contribution in [0.1, 0.15) is 20.2 Å². The van der Waals surface area contributed by atoms with Gasteiger partial charge in [-0.15, -0.1) is 11.3 Å². The first-order valence-corrected chi connectivity index (χ1v) is 7.66. The third kappa shape index (κ3) is 3.88. The Kier molecular flexibility index (Phi) is 5.21. The highest BCUT2D eigenvalue weighted by molar-refractivity contribution is 7.14. The molecule has 0 bridgehead atoms. The van der Waals surface area contributed by atoms with Gasteiger partial charge in [-0.1, -0.05) is 0 Å². The second kappa shape index (κ2) is 7.13.